The third kappa shape index (κ3) is 5.64. The van der Waals surface area contributed by atoms with Gasteiger partial charge in [-0.05, 0) is 38.1 Å². The van der Waals surface area contributed by atoms with Gasteiger partial charge in [0.25, 0.3) is 11.8 Å². The standard InChI is InChI=1S/C26H31N3O5/c1-26(2)33-14-13-32-22(23(34-26)17-27-24(30)18-9-5-4-6-10-18)16-28-25(31)21-15-19-11-7-8-12-20(19)29(21)3/h4-12,15,22-23H,13-14,16-17H2,1-3H3,(H,27,30)(H,28,31)/t22-,23+/m1/s1. The van der Waals surface area contributed by atoms with E-state index >= 15 is 0 Å². The van der Waals surface area contributed by atoms with Crippen molar-refractivity contribution in [3.8, 4) is 0 Å². The number of nitrogens with zero attached hydrogens (tertiary/aromatic N) is 1. The maximum atomic E-state index is 13.0. The number of fused-ring (bicyclic) bond motifs is 1. The van der Waals surface area contributed by atoms with E-state index in [9.17, 15) is 9.59 Å². The van der Waals surface area contributed by atoms with Crippen LogP contribution < -0.4 is 10.6 Å². The molecule has 8 nitrogen and oxygen atoms in total. The average molecular weight is 466 g/mol. The third-order valence-electron chi connectivity index (χ3n) is 5.86. The maximum Gasteiger partial charge on any atom is 0.268 e. The zero-order chi connectivity index (χ0) is 24.1. The summed E-state index contributed by atoms with van der Waals surface area (Å²) in [6.07, 6.45) is -1.01. The van der Waals surface area contributed by atoms with E-state index < -0.39 is 18.0 Å². The van der Waals surface area contributed by atoms with Crippen molar-refractivity contribution in [2.75, 3.05) is 26.3 Å². The number of aromatic nitrogens is 1. The highest BCUT2D eigenvalue weighted by molar-refractivity contribution is 5.98. The molecule has 0 bridgehead atoms. The van der Waals surface area contributed by atoms with E-state index in [2.05, 4.69) is 10.6 Å². The predicted molar refractivity (Wildman–Crippen MR) is 129 cm³/mol. The van der Waals surface area contributed by atoms with E-state index in [-0.39, 0.29) is 24.9 Å². The molecule has 34 heavy (non-hydrogen) atoms. The van der Waals surface area contributed by atoms with Gasteiger partial charge >= 0.3 is 0 Å². The lowest BCUT2D eigenvalue weighted by Crippen LogP contribution is -2.52. The van der Waals surface area contributed by atoms with Crippen LogP contribution >= 0.6 is 0 Å². The number of para-hydroxylation sites is 1. The Morgan fingerprint density at radius 2 is 1.62 bits per heavy atom. The summed E-state index contributed by atoms with van der Waals surface area (Å²) in [7, 11) is 1.87. The second-order valence-corrected chi connectivity index (χ2v) is 8.75. The molecule has 2 aromatic carbocycles. The Kier molecular flexibility index (Phi) is 7.31. The molecule has 2 N–H and O–H groups in total. The van der Waals surface area contributed by atoms with Crippen molar-refractivity contribution in [1.29, 1.82) is 0 Å². The molecule has 0 saturated carbocycles. The summed E-state index contributed by atoms with van der Waals surface area (Å²) in [5.41, 5.74) is 2.11. The number of benzene rings is 2. The summed E-state index contributed by atoms with van der Waals surface area (Å²) in [5, 5.41) is 6.89. The molecule has 0 aliphatic carbocycles. The molecule has 1 aromatic heterocycles. The van der Waals surface area contributed by atoms with Crippen LogP contribution in [0.5, 0.6) is 0 Å². The van der Waals surface area contributed by atoms with E-state index in [1.54, 1.807) is 12.1 Å². The minimum Gasteiger partial charge on any atom is -0.371 e. The average Bonchev–Trinajstić information content (AvgIpc) is 3.17. The van der Waals surface area contributed by atoms with Crippen molar-refractivity contribution in [2.24, 2.45) is 7.05 Å². The number of ether oxygens (including phenoxy) is 3. The van der Waals surface area contributed by atoms with Gasteiger partial charge in [-0.3, -0.25) is 9.59 Å². The number of amides is 2. The van der Waals surface area contributed by atoms with Crippen LogP contribution in [0.1, 0.15) is 34.7 Å². The highest BCUT2D eigenvalue weighted by atomic mass is 16.7. The molecule has 2 heterocycles. The molecule has 0 unspecified atom stereocenters. The first kappa shape index (κ1) is 23.9. The molecular formula is C26H31N3O5. The first-order chi connectivity index (χ1) is 16.3. The van der Waals surface area contributed by atoms with Crippen molar-refractivity contribution in [2.45, 2.75) is 31.8 Å². The van der Waals surface area contributed by atoms with Gasteiger partial charge in [0.2, 0.25) is 0 Å². The molecule has 0 spiro atoms. The quantitative estimate of drug-likeness (QED) is 0.584. The van der Waals surface area contributed by atoms with Crippen LogP contribution in [0.25, 0.3) is 10.9 Å². The molecular weight excluding hydrogens is 434 g/mol. The monoisotopic (exact) mass is 465 g/mol. The van der Waals surface area contributed by atoms with Crippen molar-refractivity contribution in [1.82, 2.24) is 15.2 Å². The molecule has 3 aromatic rings. The van der Waals surface area contributed by atoms with Crippen LogP contribution in [-0.4, -0.2) is 60.7 Å². The zero-order valence-electron chi connectivity index (χ0n) is 19.7. The summed E-state index contributed by atoms with van der Waals surface area (Å²) in [6, 6.07) is 18.7. The minimum absolute atomic E-state index is 0.202. The topological polar surface area (TPSA) is 90.8 Å². The molecule has 180 valence electrons. The van der Waals surface area contributed by atoms with Gasteiger partial charge in [-0.1, -0.05) is 36.4 Å². The minimum atomic E-state index is -0.857. The Hall–Kier alpha value is -3.20. The number of carbonyl (C=O) groups excluding carboxylic acids is 2. The molecule has 1 saturated heterocycles. The number of carbonyl (C=O) groups is 2. The van der Waals surface area contributed by atoms with Crippen LogP contribution in [-0.2, 0) is 21.3 Å². The molecule has 0 radical (unpaired) electrons. The first-order valence-electron chi connectivity index (χ1n) is 11.4. The van der Waals surface area contributed by atoms with E-state index in [0.29, 0.717) is 24.5 Å². The summed E-state index contributed by atoms with van der Waals surface area (Å²) < 4.78 is 19.8. The smallest absolute Gasteiger partial charge is 0.268 e. The molecule has 1 aliphatic rings. The highest BCUT2D eigenvalue weighted by Crippen LogP contribution is 2.21. The fourth-order valence-electron chi connectivity index (χ4n) is 4.11. The number of hydrogen-bond donors (Lipinski definition) is 2. The molecule has 4 rings (SSSR count). The number of aryl methyl sites for hydroxylation is 1. The van der Waals surface area contributed by atoms with Gasteiger partial charge in [-0.15, -0.1) is 0 Å². The lowest BCUT2D eigenvalue weighted by Gasteiger charge is -2.37. The normalized spacial score (nSPS) is 20.3. The van der Waals surface area contributed by atoms with Gasteiger partial charge in [0.15, 0.2) is 5.79 Å². The lowest BCUT2D eigenvalue weighted by molar-refractivity contribution is -0.277. The van der Waals surface area contributed by atoms with E-state index in [1.165, 1.54) is 0 Å². The van der Waals surface area contributed by atoms with Gasteiger partial charge in [-0.25, -0.2) is 0 Å². The van der Waals surface area contributed by atoms with Crippen LogP contribution in [0.3, 0.4) is 0 Å². The van der Waals surface area contributed by atoms with Crippen molar-refractivity contribution >= 4 is 22.7 Å². The lowest BCUT2D eigenvalue weighted by atomic mass is 10.1. The predicted octanol–water partition coefficient (Wildman–Crippen LogP) is 2.87. The zero-order valence-corrected chi connectivity index (χ0v) is 19.7. The van der Waals surface area contributed by atoms with Gasteiger partial charge in [-0.2, -0.15) is 0 Å². The summed E-state index contributed by atoms with van der Waals surface area (Å²) in [4.78, 5) is 25.6. The van der Waals surface area contributed by atoms with E-state index in [4.69, 9.17) is 14.2 Å². The van der Waals surface area contributed by atoms with Gasteiger partial charge in [0, 0.05) is 36.6 Å². The second kappa shape index (κ2) is 10.4. The number of nitrogens with one attached hydrogen (secondary N) is 2. The molecule has 8 heteroatoms. The fourth-order valence-corrected chi connectivity index (χ4v) is 4.11. The van der Waals surface area contributed by atoms with Gasteiger partial charge in [0.1, 0.15) is 17.9 Å². The summed E-state index contributed by atoms with van der Waals surface area (Å²) in [6.45, 7) is 4.80. The van der Waals surface area contributed by atoms with Gasteiger partial charge in [0.05, 0.1) is 13.2 Å². The Labute approximate surface area is 199 Å². The Balaban J connectivity index is 1.45. The van der Waals surface area contributed by atoms with Crippen LogP contribution in [0.4, 0.5) is 0 Å². The van der Waals surface area contributed by atoms with Crippen molar-refractivity contribution in [3.63, 3.8) is 0 Å². The molecule has 1 aliphatic heterocycles. The first-order valence-corrected chi connectivity index (χ1v) is 11.4. The SMILES string of the molecule is Cn1c(C(=O)NC[C@H]2OCCOC(C)(C)O[C@H]2CNC(=O)c2ccccc2)cc2ccccc21. The second-order valence-electron chi connectivity index (χ2n) is 8.75. The fraction of sp³-hybridized carbons (Fsp3) is 0.385. The Morgan fingerprint density at radius 1 is 0.941 bits per heavy atom. The summed E-state index contributed by atoms with van der Waals surface area (Å²) in [5.74, 6) is -1.26. The summed E-state index contributed by atoms with van der Waals surface area (Å²) >= 11 is 0. The Morgan fingerprint density at radius 3 is 2.38 bits per heavy atom. The third-order valence-corrected chi connectivity index (χ3v) is 5.86. The molecule has 2 atom stereocenters. The Bertz CT molecular complexity index is 1140. The maximum absolute atomic E-state index is 13.0. The largest absolute Gasteiger partial charge is 0.371 e. The van der Waals surface area contributed by atoms with E-state index in [1.807, 2.05) is 74.0 Å². The molecule has 2 amide bonds. The van der Waals surface area contributed by atoms with Gasteiger partial charge < -0.3 is 29.4 Å². The number of hydrogen-bond acceptors (Lipinski definition) is 5. The van der Waals surface area contributed by atoms with Crippen molar-refractivity contribution in [3.05, 3.63) is 71.9 Å². The van der Waals surface area contributed by atoms with Crippen molar-refractivity contribution < 1.29 is 23.8 Å². The van der Waals surface area contributed by atoms with Crippen LogP contribution in [0.2, 0.25) is 0 Å². The number of rotatable bonds is 6. The molecule has 1 fully saturated rings. The highest BCUT2D eigenvalue weighted by Gasteiger charge is 2.33. The van der Waals surface area contributed by atoms with Crippen LogP contribution in [0.15, 0.2) is 60.7 Å². The van der Waals surface area contributed by atoms with Crippen LogP contribution in [0, 0.1) is 0 Å². The van der Waals surface area contributed by atoms with E-state index in [0.717, 1.165) is 10.9 Å².